The molecule has 190 valence electrons. The molecule has 0 radical (unpaired) electrons. The summed E-state index contributed by atoms with van der Waals surface area (Å²) in [5.41, 5.74) is -0.0642. The molecule has 2 aromatic heterocycles. The molecule has 5 rings (SSSR count). The molecule has 22 heteroatoms. The number of phosphoric ester groups is 1. The summed E-state index contributed by atoms with van der Waals surface area (Å²) < 4.78 is 53.2. The Morgan fingerprint density at radius 2 is 1.85 bits per heavy atom. The number of nitrogens with two attached hydrogens (primary N) is 1. The maximum atomic E-state index is 12.2. The number of hydrogen-bond donors (Lipinski definition) is 8. The van der Waals surface area contributed by atoms with Gasteiger partial charge >= 0.3 is 23.5 Å². The minimum atomic E-state index is -5.80. The van der Waals surface area contributed by atoms with E-state index in [1.165, 1.54) is 0 Å². The molecular weight excluding hydrogens is 531 g/mol. The highest BCUT2D eigenvalue weighted by Crippen LogP contribution is 2.68. The Labute approximate surface area is 187 Å². The lowest BCUT2D eigenvalue weighted by Gasteiger charge is -2.63. The van der Waals surface area contributed by atoms with Crippen molar-refractivity contribution >= 4 is 40.6 Å². The molecular formula is C12H18N5O14P3. The second-order valence-electron chi connectivity index (χ2n) is 7.70. The largest absolute Gasteiger partial charge is 0.490 e. The molecule has 34 heavy (non-hydrogen) atoms. The van der Waals surface area contributed by atoms with E-state index < -0.39 is 58.7 Å². The number of ether oxygens (including phenoxy) is 1. The van der Waals surface area contributed by atoms with E-state index >= 15 is 0 Å². The molecule has 2 aromatic rings. The minimum Gasteiger partial charge on any atom is -0.384 e. The molecule has 2 aliphatic heterocycles. The van der Waals surface area contributed by atoms with Gasteiger partial charge in [-0.25, -0.2) is 18.7 Å². The predicted octanol–water partition coefficient (Wildman–Crippen LogP) is -1.80. The lowest BCUT2D eigenvalue weighted by molar-refractivity contribution is -0.387. The van der Waals surface area contributed by atoms with Crippen LogP contribution >= 0.6 is 23.5 Å². The molecule has 1 saturated carbocycles. The molecule has 4 heterocycles. The van der Waals surface area contributed by atoms with Crippen molar-refractivity contribution in [3.05, 3.63) is 16.7 Å². The Hall–Kier alpha value is -1.56. The number of nitrogens with zero attached hydrogens (tertiary/aromatic N) is 3. The normalized spacial score (nSPS) is 34.9. The monoisotopic (exact) mass is 549 g/mol. The first-order valence-corrected chi connectivity index (χ1v) is 13.5. The van der Waals surface area contributed by atoms with Gasteiger partial charge in [-0.15, -0.1) is 0 Å². The van der Waals surface area contributed by atoms with Gasteiger partial charge < -0.3 is 40.3 Å². The number of nitrogen functional groups attached to an aromatic ring is 1. The number of hydrogen-bond acceptors (Lipinski definition) is 13. The molecule has 0 spiro atoms. The van der Waals surface area contributed by atoms with Crippen LogP contribution in [0, 0.1) is 0 Å². The highest BCUT2D eigenvalue weighted by Gasteiger charge is 2.73. The molecule has 5 unspecified atom stereocenters. The van der Waals surface area contributed by atoms with Gasteiger partial charge in [0.05, 0.1) is 12.4 Å². The van der Waals surface area contributed by atoms with Gasteiger partial charge in [-0.2, -0.15) is 13.6 Å². The Bertz CT molecular complexity index is 1350. The third kappa shape index (κ3) is 4.29. The van der Waals surface area contributed by atoms with E-state index in [2.05, 4.69) is 23.6 Å². The smallest absolute Gasteiger partial charge is 0.384 e. The second-order valence-corrected chi connectivity index (χ2v) is 12.1. The first kappa shape index (κ1) is 25.5. The molecule has 1 aliphatic carbocycles. The van der Waals surface area contributed by atoms with Gasteiger partial charge in [0.15, 0.2) is 17.4 Å². The Balaban J connectivity index is 1.60. The van der Waals surface area contributed by atoms with Crippen molar-refractivity contribution < 1.29 is 61.4 Å². The topological polar surface area (TPSA) is 299 Å². The second kappa shape index (κ2) is 7.72. The summed E-state index contributed by atoms with van der Waals surface area (Å²) in [5, 5.41) is 22.2. The predicted molar refractivity (Wildman–Crippen MR) is 105 cm³/mol. The standard InChI is InChI=1S/C12H18N5O14P3/c1-11(19)9(17-3-14-5-7(17)15-10(13)16-8(5)18)28-4-2-12(11,20)6(4)29-33(24,25)31-34(26,27)30-32(21,22)23/h3-4,6,9,19-20H,2H2,1H3,(H,24,25)(H,26,27)(H2,21,22,23)(H3,13,15,16,18)/t4?,6?,9-,11+,12?/m1/s1. The summed E-state index contributed by atoms with van der Waals surface area (Å²) in [7, 11) is -17.0. The summed E-state index contributed by atoms with van der Waals surface area (Å²) in [6.45, 7) is 1.07. The van der Waals surface area contributed by atoms with Gasteiger partial charge in [0.2, 0.25) is 5.95 Å². The SMILES string of the molecule is C[C@]1(O)[C@H](n2cnc3c(=O)[nH]c(N)nc32)OC2CC1(O)C2OP(=O)(O)OP(=O)(O)OP(=O)(O)O. The first-order chi connectivity index (χ1) is 15.4. The number of aromatic amines is 1. The Morgan fingerprint density at radius 3 is 2.47 bits per heavy atom. The van der Waals surface area contributed by atoms with Gasteiger partial charge in [-0.05, 0) is 6.92 Å². The number of anilines is 1. The van der Waals surface area contributed by atoms with Crippen LogP contribution in [0.4, 0.5) is 5.95 Å². The summed E-state index contributed by atoms with van der Waals surface area (Å²) >= 11 is 0. The van der Waals surface area contributed by atoms with Gasteiger partial charge in [-0.3, -0.25) is 18.9 Å². The van der Waals surface area contributed by atoms with Crippen LogP contribution < -0.4 is 11.3 Å². The number of aliphatic hydroxyl groups is 2. The van der Waals surface area contributed by atoms with Crippen molar-refractivity contribution in [2.45, 2.75) is 43.0 Å². The van der Waals surface area contributed by atoms with E-state index in [1.807, 2.05) is 0 Å². The van der Waals surface area contributed by atoms with Crippen molar-refractivity contribution in [1.82, 2.24) is 19.5 Å². The highest BCUT2D eigenvalue weighted by molar-refractivity contribution is 7.66. The van der Waals surface area contributed by atoms with Crippen LogP contribution in [0.15, 0.2) is 11.1 Å². The number of H-pyrrole nitrogens is 1. The summed E-state index contributed by atoms with van der Waals surface area (Å²) in [6, 6.07) is 0. The average molecular weight is 549 g/mol. The quantitative estimate of drug-likeness (QED) is 0.177. The fourth-order valence-corrected chi connectivity index (χ4v) is 7.11. The molecule has 2 bridgehead atoms. The van der Waals surface area contributed by atoms with Crippen molar-refractivity contribution in [2.75, 3.05) is 5.73 Å². The zero-order valence-corrected chi connectivity index (χ0v) is 19.4. The van der Waals surface area contributed by atoms with Gasteiger partial charge in [0, 0.05) is 6.42 Å². The number of nitrogens with one attached hydrogen (secondary N) is 1. The van der Waals surface area contributed by atoms with Crippen LogP contribution in [-0.2, 0) is 31.6 Å². The van der Waals surface area contributed by atoms with Crippen LogP contribution in [-0.4, -0.2) is 72.7 Å². The number of phosphoric acid groups is 3. The molecule has 2 saturated heterocycles. The molecule has 0 aromatic carbocycles. The van der Waals surface area contributed by atoms with Gasteiger partial charge in [0.25, 0.3) is 5.56 Å². The number of imidazole rings is 1. The van der Waals surface area contributed by atoms with Crippen molar-refractivity contribution in [2.24, 2.45) is 0 Å². The van der Waals surface area contributed by atoms with Gasteiger partial charge in [-0.1, -0.05) is 0 Å². The van der Waals surface area contributed by atoms with E-state index in [0.29, 0.717) is 0 Å². The Morgan fingerprint density at radius 1 is 1.21 bits per heavy atom. The zero-order valence-electron chi connectivity index (χ0n) is 16.7. The highest BCUT2D eigenvalue weighted by atomic mass is 31.3. The van der Waals surface area contributed by atoms with Crippen LogP contribution in [0.5, 0.6) is 0 Å². The van der Waals surface area contributed by atoms with Crippen LogP contribution in [0.2, 0.25) is 0 Å². The van der Waals surface area contributed by atoms with E-state index in [4.69, 9.17) is 24.8 Å². The van der Waals surface area contributed by atoms with Gasteiger partial charge in [0.1, 0.15) is 17.3 Å². The Kier molecular flexibility index (Phi) is 5.79. The summed E-state index contributed by atoms with van der Waals surface area (Å²) in [4.78, 5) is 58.3. The molecule has 9 N–H and O–H groups in total. The van der Waals surface area contributed by atoms with E-state index in [1.54, 1.807) is 0 Å². The fraction of sp³-hybridized carbons (Fsp3) is 0.583. The van der Waals surface area contributed by atoms with Crippen LogP contribution in [0.1, 0.15) is 19.6 Å². The van der Waals surface area contributed by atoms with Crippen molar-refractivity contribution in [1.29, 1.82) is 0 Å². The molecule has 3 fully saturated rings. The van der Waals surface area contributed by atoms with Crippen LogP contribution in [0.3, 0.4) is 0 Å². The fourth-order valence-electron chi connectivity index (χ4n) is 3.85. The third-order valence-corrected chi connectivity index (χ3v) is 9.17. The molecule has 19 nitrogen and oxygen atoms in total. The molecule has 3 aliphatic rings. The minimum absolute atomic E-state index is 0.110. The number of rotatable bonds is 7. The third-order valence-electron chi connectivity index (χ3n) is 5.35. The zero-order chi connectivity index (χ0) is 25.5. The lowest BCUT2D eigenvalue weighted by atomic mass is 9.61. The number of fused-ring (bicyclic) bond motifs is 3. The van der Waals surface area contributed by atoms with E-state index in [-0.39, 0.29) is 23.5 Å². The first-order valence-electron chi connectivity index (χ1n) is 9.00. The van der Waals surface area contributed by atoms with E-state index in [9.17, 15) is 38.5 Å². The lowest BCUT2D eigenvalue weighted by Crippen LogP contribution is -2.79. The van der Waals surface area contributed by atoms with Crippen molar-refractivity contribution in [3.8, 4) is 0 Å². The maximum Gasteiger partial charge on any atom is 0.490 e. The molecule has 0 amide bonds. The summed E-state index contributed by atoms with van der Waals surface area (Å²) in [5.74, 6) is -0.274. The summed E-state index contributed by atoms with van der Waals surface area (Å²) in [6.07, 6.45) is -3.75. The van der Waals surface area contributed by atoms with E-state index in [0.717, 1.165) is 17.8 Å². The molecule has 7 atom stereocenters. The maximum absolute atomic E-state index is 12.2. The van der Waals surface area contributed by atoms with Crippen molar-refractivity contribution in [3.63, 3.8) is 0 Å². The average Bonchev–Trinajstić information content (AvgIpc) is 3.02. The van der Waals surface area contributed by atoms with Crippen LogP contribution in [0.25, 0.3) is 11.2 Å². The number of aromatic nitrogens is 4.